The molecule has 0 saturated heterocycles. The quantitative estimate of drug-likeness (QED) is 0.845. The molecule has 0 fully saturated rings. The molecular formula is C17H22N4O3S. The van der Waals surface area contributed by atoms with Crippen molar-refractivity contribution in [2.75, 3.05) is 7.05 Å². The molecule has 1 aromatic heterocycles. The Morgan fingerprint density at radius 3 is 2.24 bits per heavy atom. The second-order valence-corrected chi connectivity index (χ2v) is 8.14. The highest BCUT2D eigenvalue weighted by molar-refractivity contribution is 7.89. The number of nitrogens with one attached hydrogen (secondary N) is 1. The van der Waals surface area contributed by atoms with Gasteiger partial charge in [0.1, 0.15) is 5.82 Å². The molecule has 0 saturated carbocycles. The maximum atomic E-state index is 12.6. The molecule has 0 radical (unpaired) electrons. The Morgan fingerprint density at radius 1 is 1.16 bits per heavy atom. The molecule has 1 aromatic carbocycles. The van der Waals surface area contributed by atoms with Crippen LogP contribution in [0.5, 0.6) is 0 Å². The summed E-state index contributed by atoms with van der Waals surface area (Å²) < 4.78 is 26.3. The summed E-state index contributed by atoms with van der Waals surface area (Å²) in [4.78, 5) is 20.3. The number of benzene rings is 1. The van der Waals surface area contributed by atoms with Crippen LogP contribution < -0.4 is 5.32 Å². The SMILES string of the molecule is Cc1ccc(S(=O)(=O)N(C)Cc2ncc(C(=O)NC(C)C)cn2)cc1. The van der Waals surface area contributed by atoms with Crippen LogP contribution in [-0.4, -0.2) is 41.7 Å². The standard InChI is InChI=1S/C17H22N4O3S/c1-12(2)20-17(22)14-9-18-16(19-10-14)11-21(4)25(23,24)15-7-5-13(3)6-8-15/h5-10,12H,11H2,1-4H3,(H,20,22). The fourth-order valence-corrected chi connectivity index (χ4v) is 3.20. The lowest BCUT2D eigenvalue weighted by molar-refractivity contribution is 0.0942. The topological polar surface area (TPSA) is 92.3 Å². The molecule has 1 amide bonds. The van der Waals surface area contributed by atoms with Gasteiger partial charge in [-0.3, -0.25) is 4.79 Å². The Morgan fingerprint density at radius 2 is 1.72 bits per heavy atom. The predicted octanol–water partition coefficient (Wildman–Crippen LogP) is 1.74. The molecule has 134 valence electrons. The van der Waals surface area contributed by atoms with E-state index in [9.17, 15) is 13.2 Å². The lowest BCUT2D eigenvalue weighted by atomic mass is 10.2. The second kappa shape index (κ2) is 7.71. The van der Waals surface area contributed by atoms with Gasteiger partial charge in [0.05, 0.1) is 17.0 Å². The second-order valence-electron chi connectivity index (χ2n) is 6.09. The molecular weight excluding hydrogens is 340 g/mol. The maximum absolute atomic E-state index is 12.6. The number of sulfonamides is 1. The zero-order valence-electron chi connectivity index (χ0n) is 14.7. The molecule has 1 heterocycles. The average molecular weight is 362 g/mol. The van der Waals surface area contributed by atoms with Crippen molar-refractivity contribution in [2.24, 2.45) is 0 Å². The van der Waals surface area contributed by atoms with Crippen LogP contribution >= 0.6 is 0 Å². The van der Waals surface area contributed by atoms with Crippen molar-refractivity contribution >= 4 is 15.9 Å². The Kier molecular flexibility index (Phi) is 5.86. The number of hydrogen-bond donors (Lipinski definition) is 1. The molecule has 0 aliphatic heterocycles. The van der Waals surface area contributed by atoms with Gasteiger partial charge in [-0.1, -0.05) is 17.7 Å². The van der Waals surface area contributed by atoms with E-state index in [1.54, 1.807) is 24.3 Å². The highest BCUT2D eigenvalue weighted by Gasteiger charge is 2.21. The van der Waals surface area contributed by atoms with Crippen LogP contribution in [0.15, 0.2) is 41.6 Å². The van der Waals surface area contributed by atoms with Gasteiger partial charge in [-0.15, -0.1) is 0 Å². The van der Waals surface area contributed by atoms with Crippen LogP contribution in [0.25, 0.3) is 0 Å². The van der Waals surface area contributed by atoms with E-state index in [2.05, 4.69) is 15.3 Å². The normalized spacial score (nSPS) is 11.8. The van der Waals surface area contributed by atoms with E-state index in [0.717, 1.165) is 5.56 Å². The van der Waals surface area contributed by atoms with Crippen molar-refractivity contribution in [2.45, 2.75) is 38.3 Å². The highest BCUT2D eigenvalue weighted by atomic mass is 32.2. The number of amides is 1. The highest BCUT2D eigenvalue weighted by Crippen LogP contribution is 2.16. The molecule has 0 aliphatic carbocycles. The van der Waals surface area contributed by atoms with Crippen molar-refractivity contribution in [3.05, 3.63) is 53.6 Å². The number of rotatable bonds is 6. The Bertz CT molecular complexity index is 831. The zero-order valence-corrected chi connectivity index (χ0v) is 15.5. The first kappa shape index (κ1) is 19.0. The molecule has 0 atom stereocenters. The third-order valence-corrected chi connectivity index (χ3v) is 5.30. The zero-order chi connectivity index (χ0) is 18.6. The van der Waals surface area contributed by atoms with Crippen LogP contribution in [0.4, 0.5) is 0 Å². The van der Waals surface area contributed by atoms with Crippen molar-refractivity contribution in [1.82, 2.24) is 19.6 Å². The Balaban J connectivity index is 2.11. The third-order valence-electron chi connectivity index (χ3n) is 3.48. The molecule has 25 heavy (non-hydrogen) atoms. The Labute approximate surface area is 148 Å². The summed E-state index contributed by atoms with van der Waals surface area (Å²) in [6, 6.07) is 6.65. The number of hydrogen-bond acceptors (Lipinski definition) is 5. The van der Waals surface area contributed by atoms with Crippen molar-refractivity contribution < 1.29 is 13.2 Å². The van der Waals surface area contributed by atoms with E-state index in [0.29, 0.717) is 11.4 Å². The van der Waals surface area contributed by atoms with E-state index in [1.807, 2.05) is 20.8 Å². The fourth-order valence-electron chi connectivity index (χ4n) is 2.07. The minimum absolute atomic E-state index is 0.0120. The summed E-state index contributed by atoms with van der Waals surface area (Å²) >= 11 is 0. The molecule has 1 N–H and O–H groups in total. The summed E-state index contributed by atoms with van der Waals surface area (Å²) in [5.41, 5.74) is 1.32. The van der Waals surface area contributed by atoms with Crippen molar-refractivity contribution in [1.29, 1.82) is 0 Å². The van der Waals surface area contributed by atoms with Crippen LogP contribution in [0.1, 0.15) is 35.6 Å². The summed E-state index contributed by atoms with van der Waals surface area (Å²) in [6.07, 6.45) is 2.79. The molecule has 0 bridgehead atoms. The average Bonchev–Trinajstić information content (AvgIpc) is 2.55. The number of carbonyl (C=O) groups is 1. The van der Waals surface area contributed by atoms with E-state index < -0.39 is 10.0 Å². The summed E-state index contributed by atoms with van der Waals surface area (Å²) in [5, 5.41) is 2.74. The van der Waals surface area contributed by atoms with Gasteiger partial charge in [0.25, 0.3) is 5.91 Å². The smallest absolute Gasteiger partial charge is 0.254 e. The molecule has 0 unspecified atom stereocenters. The van der Waals surface area contributed by atoms with Gasteiger partial charge >= 0.3 is 0 Å². The molecule has 7 nitrogen and oxygen atoms in total. The summed E-state index contributed by atoms with van der Waals surface area (Å²) in [5.74, 6) is 0.0569. The van der Waals surface area contributed by atoms with Gasteiger partial charge in [0.15, 0.2) is 0 Å². The predicted molar refractivity (Wildman–Crippen MR) is 94.5 cm³/mol. The number of aromatic nitrogens is 2. The van der Waals surface area contributed by atoms with Gasteiger partial charge in [-0.05, 0) is 32.9 Å². The molecule has 8 heteroatoms. The Hall–Kier alpha value is -2.32. The van der Waals surface area contributed by atoms with Crippen molar-refractivity contribution in [3.63, 3.8) is 0 Å². The first-order valence-corrected chi connectivity index (χ1v) is 9.29. The lowest BCUT2D eigenvalue weighted by Gasteiger charge is -2.16. The summed E-state index contributed by atoms with van der Waals surface area (Å²) in [6.45, 7) is 5.63. The van der Waals surface area contributed by atoms with Crippen LogP contribution in [0.3, 0.4) is 0 Å². The number of aryl methyl sites for hydroxylation is 1. The van der Waals surface area contributed by atoms with Gasteiger partial charge in [0.2, 0.25) is 10.0 Å². The molecule has 0 aliphatic rings. The molecule has 2 rings (SSSR count). The van der Waals surface area contributed by atoms with Crippen LogP contribution in [0, 0.1) is 6.92 Å². The van der Waals surface area contributed by atoms with E-state index in [4.69, 9.17) is 0 Å². The van der Waals surface area contributed by atoms with E-state index >= 15 is 0 Å². The van der Waals surface area contributed by atoms with Crippen LogP contribution in [-0.2, 0) is 16.6 Å². The van der Waals surface area contributed by atoms with E-state index in [-0.39, 0.29) is 23.4 Å². The van der Waals surface area contributed by atoms with Gasteiger partial charge in [-0.2, -0.15) is 4.31 Å². The third kappa shape index (κ3) is 4.83. The first-order valence-electron chi connectivity index (χ1n) is 7.85. The van der Waals surface area contributed by atoms with Crippen LogP contribution in [0.2, 0.25) is 0 Å². The minimum Gasteiger partial charge on any atom is -0.350 e. The number of nitrogens with zero attached hydrogens (tertiary/aromatic N) is 3. The first-order chi connectivity index (χ1) is 11.7. The lowest BCUT2D eigenvalue weighted by Crippen LogP contribution is -2.30. The largest absolute Gasteiger partial charge is 0.350 e. The number of carbonyl (C=O) groups excluding carboxylic acids is 1. The maximum Gasteiger partial charge on any atom is 0.254 e. The van der Waals surface area contributed by atoms with Gasteiger partial charge in [-0.25, -0.2) is 18.4 Å². The van der Waals surface area contributed by atoms with Crippen molar-refractivity contribution in [3.8, 4) is 0 Å². The summed E-state index contributed by atoms with van der Waals surface area (Å²) in [7, 11) is -2.15. The van der Waals surface area contributed by atoms with E-state index in [1.165, 1.54) is 23.7 Å². The fraction of sp³-hybridized carbons (Fsp3) is 0.353. The van der Waals surface area contributed by atoms with Gasteiger partial charge in [0, 0.05) is 25.5 Å². The minimum atomic E-state index is -3.62. The monoisotopic (exact) mass is 362 g/mol. The molecule has 0 spiro atoms. The van der Waals surface area contributed by atoms with Gasteiger partial charge < -0.3 is 5.32 Å². The molecule has 2 aromatic rings.